The van der Waals surface area contributed by atoms with E-state index in [0.29, 0.717) is 48.9 Å². The molecule has 0 atom stereocenters. The fraction of sp³-hybridized carbons (Fsp3) is 0.162. The minimum atomic E-state index is -0.0684. The van der Waals surface area contributed by atoms with Gasteiger partial charge in [-0.05, 0) is 97.3 Å². The molecule has 254 valence electrons. The van der Waals surface area contributed by atoms with Gasteiger partial charge in [-0.2, -0.15) is 10.2 Å². The zero-order valence-electron chi connectivity index (χ0n) is 27.0. The monoisotopic (exact) mass is 867 g/mol. The van der Waals surface area contributed by atoms with Gasteiger partial charge in [0.05, 0.1) is 14.6 Å². The second-order valence-electron chi connectivity index (χ2n) is 12.3. The van der Waals surface area contributed by atoms with Crippen LogP contribution in [0.4, 0.5) is 0 Å². The summed E-state index contributed by atoms with van der Waals surface area (Å²) in [4.78, 5) is 42.3. The van der Waals surface area contributed by atoms with Gasteiger partial charge in [0.1, 0.15) is 0 Å². The predicted molar refractivity (Wildman–Crippen MR) is 202 cm³/mol. The number of rotatable bonds is 3. The third kappa shape index (κ3) is 7.08. The van der Waals surface area contributed by atoms with E-state index in [0.717, 1.165) is 37.5 Å². The van der Waals surface area contributed by atoms with Crippen LogP contribution >= 0.6 is 47.8 Å². The molecule has 0 N–H and O–H groups in total. The molecule has 2 aromatic carbocycles. The highest BCUT2D eigenvalue weighted by molar-refractivity contribution is 9.11. The van der Waals surface area contributed by atoms with Crippen molar-refractivity contribution in [2.75, 3.05) is 13.1 Å². The molecule has 51 heavy (non-hydrogen) atoms. The zero-order valence-corrected chi connectivity index (χ0v) is 31.7. The Kier molecular flexibility index (Phi) is 9.21. The standard InChI is InChI=1S/C21H16BrN5O.C16H12Br2N4O/c22-17-11-24-20-10-19(25-27(20)13-17)21(28)26-8-6-14-9-15(4-5-16(14)12-26)18-3-1-2-7-23-18;17-12-2-1-11-8-21(4-3-10(11)5-12)16(23)14-6-15-19-7-13(18)9-22(15)20-14/h1-5,7,9-11,13H,6,8,12H2;1-2,5-7,9H,3-4,8H2. The minimum Gasteiger partial charge on any atom is -0.333 e. The van der Waals surface area contributed by atoms with E-state index >= 15 is 0 Å². The molecule has 0 radical (unpaired) electrons. The molecule has 14 heteroatoms. The van der Waals surface area contributed by atoms with Gasteiger partial charge in [-0.15, -0.1) is 0 Å². The molecule has 0 unspecified atom stereocenters. The molecular weight excluding hydrogens is 842 g/mol. The number of pyridine rings is 1. The van der Waals surface area contributed by atoms with Gasteiger partial charge in [-0.25, -0.2) is 19.0 Å². The Bertz CT molecular complexity index is 2450. The van der Waals surface area contributed by atoms with E-state index in [-0.39, 0.29) is 11.8 Å². The Balaban J connectivity index is 0.000000150. The summed E-state index contributed by atoms with van der Waals surface area (Å²) in [6, 6.07) is 21.9. The quantitative estimate of drug-likeness (QED) is 0.185. The van der Waals surface area contributed by atoms with Crippen LogP contribution in [0.2, 0.25) is 0 Å². The second kappa shape index (κ2) is 14.1. The summed E-state index contributed by atoms with van der Waals surface area (Å²) in [5, 5.41) is 8.73. The number of aromatic nitrogens is 7. The highest BCUT2D eigenvalue weighted by Gasteiger charge is 2.26. The Labute approximate surface area is 317 Å². The number of benzene rings is 2. The van der Waals surface area contributed by atoms with E-state index in [1.807, 2.05) is 34.1 Å². The smallest absolute Gasteiger partial charge is 0.274 e. The highest BCUT2D eigenvalue weighted by atomic mass is 79.9. The second-order valence-corrected chi connectivity index (χ2v) is 15.0. The van der Waals surface area contributed by atoms with Gasteiger partial charge < -0.3 is 9.80 Å². The first-order valence-corrected chi connectivity index (χ1v) is 18.6. The Morgan fingerprint density at radius 2 is 1.16 bits per heavy atom. The topological polar surface area (TPSA) is 114 Å². The van der Waals surface area contributed by atoms with Crippen molar-refractivity contribution in [3.8, 4) is 11.3 Å². The van der Waals surface area contributed by atoms with Crippen molar-refractivity contribution in [3.05, 3.63) is 145 Å². The van der Waals surface area contributed by atoms with Crippen LogP contribution in [0.25, 0.3) is 22.6 Å². The molecule has 0 spiro atoms. The van der Waals surface area contributed by atoms with Crippen molar-refractivity contribution >= 4 is 70.9 Å². The lowest BCUT2D eigenvalue weighted by Crippen LogP contribution is -2.36. The summed E-state index contributed by atoms with van der Waals surface area (Å²) >= 11 is 10.2. The van der Waals surface area contributed by atoms with Crippen LogP contribution in [0, 0.1) is 0 Å². The molecule has 7 aromatic rings. The van der Waals surface area contributed by atoms with Crippen LogP contribution in [0.3, 0.4) is 0 Å². The Hall–Kier alpha value is -4.79. The lowest BCUT2D eigenvalue weighted by Gasteiger charge is -2.28. The molecule has 5 aromatic heterocycles. The lowest BCUT2D eigenvalue weighted by molar-refractivity contribution is 0.0721. The van der Waals surface area contributed by atoms with Gasteiger partial charge in [-0.3, -0.25) is 14.6 Å². The molecular formula is C37H28Br3N9O2. The fourth-order valence-electron chi connectivity index (χ4n) is 6.36. The zero-order chi connectivity index (χ0) is 35.1. The summed E-state index contributed by atoms with van der Waals surface area (Å²) in [6.07, 6.45) is 10.5. The van der Waals surface area contributed by atoms with Gasteiger partial charge in [0.2, 0.25) is 0 Å². The normalized spacial score (nSPS) is 13.8. The summed E-state index contributed by atoms with van der Waals surface area (Å²) in [7, 11) is 0. The summed E-state index contributed by atoms with van der Waals surface area (Å²) in [6.45, 7) is 2.57. The number of hydrogen-bond donors (Lipinski definition) is 0. The van der Waals surface area contributed by atoms with E-state index in [1.165, 1.54) is 22.3 Å². The van der Waals surface area contributed by atoms with Crippen LogP contribution < -0.4 is 0 Å². The van der Waals surface area contributed by atoms with E-state index in [9.17, 15) is 9.59 Å². The number of nitrogens with zero attached hydrogens (tertiary/aromatic N) is 9. The first kappa shape index (κ1) is 33.4. The third-order valence-corrected chi connectivity index (χ3v) is 10.2. The average Bonchev–Trinajstić information content (AvgIpc) is 3.78. The number of carbonyl (C=O) groups is 2. The Morgan fingerprint density at radius 3 is 1.73 bits per heavy atom. The maximum absolute atomic E-state index is 13.0. The highest BCUT2D eigenvalue weighted by Crippen LogP contribution is 2.27. The van der Waals surface area contributed by atoms with E-state index < -0.39 is 0 Å². The van der Waals surface area contributed by atoms with Crippen molar-refractivity contribution in [1.29, 1.82) is 0 Å². The summed E-state index contributed by atoms with van der Waals surface area (Å²) in [5.41, 5.74) is 9.17. The number of hydrogen-bond acceptors (Lipinski definition) is 7. The largest absolute Gasteiger partial charge is 0.333 e. The fourth-order valence-corrected chi connectivity index (χ4v) is 7.36. The molecule has 2 amide bonds. The summed E-state index contributed by atoms with van der Waals surface area (Å²) < 4.78 is 5.95. The minimum absolute atomic E-state index is 0.0554. The molecule has 7 heterocycles. The van der Waals surface area contributed by atoms with E-state index in [1.54, 1.807) is 52.1 Å². The maximum atomic E-state index is 13.0. The molecule has 0 bridgehead atoms. The van der Waals surface area contributed by atoms with E-state index in [4.69, 9.17) is 0 Å². The lowest BCUT2D eigenvalue weighted by atomic mass is 9.96. The molecule has 2 aliphatic heterocycles. The number of fused-ring (bicyclic) bond motifs is 4. The number of amides is 2. The first-order valence-electron chi connectivity index (χ1n) is 16.2. The van der Waals surface area contributed by atoms with Gasteiger partial charge in [0, 0.05) is 79.3 Å². The predicted octanol–water partition coefficient (Wildman–Crippen LogP) is 7.21. The SMILES string of the molecule is O=C(c1cc2ncc(Br)cn2n1)N1CCc2cc(-c3ccccn3)ccc2C1.O=C(c1cc2ncc(Br)cn2n1)N1CCc2cc(Br)ccc2C1. The average molecular weight is 870 g/mol. The van der Waals surface area contributed by atoms with E-state index in [2.05, 4.69) is 103 Å². The number of halogens is 3. The first-order chi connectivity index (χ1) is 24.8. The van der Waals surface area contributed by atoms with Crippen LogP contribution in [0.15, 0.2) is 111 Å². The maximum Gasteiger partial charge on any atom is 0.274 e. The van der Waals surface area contributed by atoms with Gasteiger partial charge in [0.15, 0.2) is 22.7 Å². The molecule has 0 aliphatic carbocycles. The van der Waals surface area contributed by atoms with Crippen LogP contribution in [0.1, 0.15) is 43.2 Å². The van der Waals surface area contributed by atoms with Gasteiger partial charge >= 0.3 is 0 Å². The van der Waals surface area contributed by atoms with Crippen LogP contribution in [0.5, 0.6) is 0 Å². The third-order valence-electron chi connectivity index (χ3n) is 8.94. The molecule has 9 rings (SSSR count). The molecule has 2 aliphatic rings. The van der Waals surface area contributed by atoms with Crippen molar-refractivity contribution in [3.63, 3.8) is 0 Å². The molecule has 0 saturated heterocycles. The molecule has 0 fully saturated rings. The number of carbonyl (C=O) groups excluding carboxylic acids is 2. The van der Waals surface area contributed by atoms with Gasteiger partial charge in [0.25, 0.3) is 11.8 Å². The Morgan fingerprint density at radius 1 is 0.588 bits per heavy atom. The van der Waals surface area contributed by atoms with Gasteiger partial charge in [-0.1, -0.05) is 40.2 Å². The van der Waals surface area contributed by atoms with Crippen LogP contribution in [-0.4, -0.2) is 68.9 Å². The van der Waals surface area contributed by atoms with Crippen LogP contribution in [-0.2, 0) is 25.9 Å². The van der Waals surface area contributed by atoms with Crippen molar-refractivity contribution in [1.82, 2.24) is 44.0 Å². The molecule has 0 saturated carbocycles. The van der Waals surface area contributed by atoms with Crippen molar-refractivity contribution in [2.45, 2.75) is 25.9 Å². The molecule has 11 nitrogen and oxygen atoms in total. The van der Waals surface area contributed by atoms with Crippen molar-refractivity contribution < 1.29 is 9.59 Å². The summed E-state index contributed by atoms with van der Waals surface area (Å²) in [5.74, 6) is -0.124. The van der Waals surface area contributed by atoms with Crippen molar-refractivity contribution in [2.24, 2.45) is 0 Å².